The van der Waals surface area contributed by atoms with Gasteiger partial charge in [0, 0.05) is 25.1 Å². The maximum absolute atomic E-state index is 10.3. The molecule has 1 fully saturated rings. The average molecular weight is 258 g/mol. The summed E-state index contributed by atoms with van der Waals surface area (Å²) in [7, 11) is 0. The van der Waals surface area contributed by atoms with Crippen molar-refractivity contribution in [1.29, 1.82) is 0 Å². The summed E-state index contributed by atoms with van der Waals surface area (Å²) in [6, 6.07) is 0. The van der Waals surface area contributed by atoms with Crippen LogP contribution in [-0.2, 0) is 6.54 Å². The second-order valence-corrected chi connectivity index (χ2v) is 5.01. The lowest BCUT2D eigenvalue weighted by atomic mass is 10.1. The molecule has 2 N–H and O–H groups in total. The van der Waals surface area contributed by atoms with Crippen LogP contribution >= 0.6 is 0 Å². The Labute approximate surface area is 112 Å². The second-order valence-electron chi connectivity index (χ2n) is 5.01. The van der Waals surface area contributed by atoms with Crippen molar-refractivity contribution in [2.75, 3.05) is 13.1 Å². The Morgan fingerprint density at radius 2 is 2.11 bits per heavy atom. The van der Waals surface area contributed by atoms with Crippen molar-refractivity contribution in [3.05, 3.63) is 29.8 Å². The molecule has 0 bridgehead atoms. The van der Waals surface area contributed by atoms with Crippen molar-refractivity contribution in [1.82, 2.24) is 19.9 Å². The Kier molecular flexibility index (Phi) is 3.21. The molecular formula is C14H18N4O. The van der Waals surface area contributed by atoms with E-state index in [4.69, 9.17) is 0 Å². The number of H-pyrrole nitrogens is 1. The molecule has 0 radical (unpaired) electrons. The molecule has 0 spiro atoms. The van der Waals surface area contributed by atoms with Gasteiger partial charge in [0.2, 0.25) is 0 Å². The number of aromatic amines is 1. The number of hydrogen-bond acceptors (Lipinski definition) is 4. The number of aromatic hydroxyl groups is 1. The molecule has 0 aliphatic carbocycles. The summed E-state index contributed by atoms with van der Waals surface area (Å²) in [6.07, 6.45) is 7.82. The number of imidazole rings is 1. The summed E-state index contributed by atoms with van der Waals surface area (Å²) in [4.78, 5) is 14.0. The fraction of sp³-hybridized carbons (Fsp3) is 0.429. The smallest absolute Gasteiger partial charge is 0.148 e. The first kappa shape index (κ1) is 12.2. The first-order valence-corrected chi connectivity index (χ1v) is 6.65. The van der Waals surface area contributed by atoms with Gasteiger partial charge in [-0.3, -0.25) is 9.88 Å². The van der Waals surface area contributed by atoms with E-state index in [-0.39, 0.29) is 5.75 Å². The average Bonchev–Trinajstić information content (AvgIpc) is 3.07. The highest BCUT2D eigenvalue weighted by atomic mass is 16.3. The largest absolute Gasteiger partial charge is 0.505 e. The summed E-state index contributed by atoms with van der Waals surface area (Å²) in [5.41, 5.74) is 2.45. The Morgan fingerprint density at radius 3 is 2.79 bits per heavy atom. The zero-order valence-electron chi connectivity index (χ0n) is 11.1. The summed E-state index contributed by atoms with van der Waals surface area (Å²) < 4.78 is 0. The van der Waals surface area contributed by atoms with Gasteiger partial charge in [0.1, 0.15) is 11.6 Å². The van der Waals surface area contributed by atoms with E-state index >= 15 is 0 Å². The van der Waals surface area contributed by atoms with Gasteiger partial charge in [-0.25, -0.2) is 4.98 Å². The first-order chi connectivity index (χ1) is 9.25. The number of rotatable bonds is 3. The van der Waals surface area contributed by atoms with Crippen molar-refractivity contribution in [2.45, 2.75) is 26.3 Å². The Morgan fingerprint density at radius 1 is 1.32 bits per heavy atom. The Hall–Kier alpha value is -1.88. The van der Waals surface area contributed by atoms with Crippen LogP contribution in [0.5, 0.6) is 5.75 Å². The SMILES string of the molecule is Cc1ncc(CN2CCCC2)c(-c2ncc[nH]2)c1O. The van der Waals surface area contributed by atoms with Crippen LogP contribution in [0.15, 0.2) is 18.6 Å². The summed E-state index contributed by atoms with van der Waals surface area (Å²) in [6.45, 7) is 4.86. The van der Waals surface area contributed by atoms with Gasteiger partial charge in [0.25, 0.3) is 0 Å². The molecule has 3 rings (SSSR count). The third-order valence-corrected chi connectivity index (χ3v) is 3.64. The summed E-state index contributed by atoms with van der Waals surface area (Å²) >= 11 is 0. The molecule has 1 aliphatic rings. The lowest BCUT2D eigenvalue weighted by Gasteiger charge is -2.17. The van der Waals surface area contributed by atoms with Crippen LogP contribution in [0.25, 0.3) is 11.4 Å². The number of nitrogens with zero attached hydrogens (tertiary/aromatic N) is 3. The fourth-order valence-electron chi connectivity index (χ4n) is 2.60. The van der Waals surface area contributed by atoms with Crippen LogP contribution in [0.1, 0.15) is 24.1 Å². The quantitative estimate of drug-likeness (QED) is 0.884. The van der Waals surface area contributed by atoms with Crippen molar-refractivity contribution in [3.8, 4) is 17.1 Å². The topological polar surface area (TPSA) is 65.0 Å². The van der Waals surface area contributed by atoms with E-state index in [0.29, 0.717) is 11.5 Å². The van der Waals surface area contributed by atoms with Gasteiger partial charge >= 0.3 is 0 Å². The number of aryl methyl sites for hydroxylation is 1. The highest BCUT2D eigenvalue weighted by molar-refractivity contribution is 5.68. The van der Waals surface area contributed by atoms with Gasteiger partial charge in [0.05, 0.1) is 11.3 Å². The third-order valence-electron chi connectivity index (χ3n) is 3.64. The number of hydrogen-bond donors (Lipinski definition) is 2. The Bertz CT molecular complexity index is 559. The van der Waals surface area contributed by atoms with Gasteiger partial charge in [0.15, 0.2) is 0 Å². The molecule has 100 valence electrons. The number of likely N-dealkylation sites (tertiary alicyclic amines) is 1. The van der Waals surface area contributed by atoms with E-state index in [2.05, 4.69) is 19.9 Å². The predicted octanol–water partition coefficient (Wildman–Crippen LogP) is 2.08. The van der Waals surface area contributed by atoms with Crippen LogP contribution in [0.2, 0.25) is 0 Å². The number of pyridine rings is 1. The fourth-order valence-corrected chi connectivity index (χ4v) is 2.60. The molecule has 0 amide bonds. The normalized spacial score (nSPS) is 16.1. The highest BCUT2D eigenvalue weighted by Crippen LogP contribution is 2.33. The van der Waals surface area contributed by atoms with E-state index in [9.17, 15) is 5.11 Å². The number of aromatic nitrogens is 3. The predicted molar refractivity (Wildman–Crippen MR) is 72.7 cm³/mol. The molecule has 2 aromatic heterocycles. The van der Waals surface area contributed by atoms with Crippen LogP contribution < -0.4 is 0 Å². The zero-order chi connectivity index (χ0) is 13.2. The maximum atomic E-state index is 10.3. The minimum Gasteiger partial charge on any atom is -0.505 e. The van der Waals surface area contributed by atoms with Crippen molar-refractivity contribution < 1.29 is 5.11 Å². The molecule has 5 heteroatoms. The van der Waals surface area contributed by atoms with E-state index in [1.165, 1.54) is 12.8 Å². The van der Waals surface area contributed by atoms with Crippen LogP contribution in [0, 0.1) is 6.92 Å². The van der Waals surface area contributed by atoms with E-state index in [1.807, 2.05) is 6.20 Å². The van der Waals surface area contributed by atoms with E-state index in [1.54, 1.807) is 19.3 Å². The second kappa shape index (κ2) is 5.01. The van der Waals surface area contributed by atoms with Crippen molar-refractivity contribution in [2.24, 2.45) is 0 Å². The third kappa shape index (κ3) is 2.33. The highest BCUT2D eigenvalue weighted by Gasteiger charge is 2.19. The van der Waals surface area contributed by atoms with Crippen LogP contribution in [0.4, 0.5) is 0 Å². The molecule has 0 atom stereocenters. The zero-order valence-corrected chi connectivity index (χ0v) is 11.1. The molecule has 0 aromatic carbocycles. The molecule has 1 saturated heterocycles. The van der Waals surface area contributed by atoms with Crippen molar-refractivity contribution in [3.63, 3.8) is 0 Å². The minimum atomic E-state index is 0.228. The molecule has 5 nitrogen and oxygen atoms in total. The minimum absolute atomic E-state index is 0.228. The molecule has 0 unspecified atom stereocenters. The molecule has 19 heavy (non-hydrogen) atoms. The molecule has 3 heterocycles. The molecule has 0 saturated carbocycles. The van der Waals surface area contributed by atoms with E-state index < -0.39 is 0 Å². The molecular weight excluding hydrogens is 240 g/mol. The lowest BCUT2D eigenvalue weighted by Crippen LogP contribution is -2.19. The van der Waals surface area contributed by atoms with Gasteiger partial charge in [-0.15, -0.1) is 0 Å². The molecule has 1 aliphatic heterocycles. The molecule has 2 aromatic rings. The first-order valence-electron chi connectivity index (χ1n) is 6.65. The van der Waals surface area contributed by atoms with Crippen molar-refractivity contribution >= 4 is 0 Å². The maximum Gasteiger partial charge on any atom is 0.148 e. The lowest BCUT2D eigenvalue weighted by molar-refractivity contribution is 0.330. The number of nitrogens with one attached hydrogen (secondary N) is 1. The Balaban J connectivity index is 2.01. The summed E-state index contributed by atoms with van der Waals surface area (Å²) in [5.74, 6) is 0.934. The monoisotopic (exact) mass is 258 g/mol. The van der Waals surface area contributed by atoms with Gasteiger partial charge in [-0.2, -0.15) is 0 Å². The summed E-state index contributed by atoms with van der Waals surface area (Å²) in [5, 5.41) is 10.3. The van der Waals surface area contributed by atoms with Crippen LogP contribution in [-0.4, -0.2) is 38.0 Å². The van der Waals surface area contributed by atoms with E-state index in [0.717, 1.165) is 30.8 Å². The van der Waals surface area contributed by atoms with Gasteiger partial charge in [-0.1, -0.05) is 0 Å². The standard InChI is InChI=1S/C14H18N4O/c1-10-13(19)12(14-15-4-5-16-14)11(8-17-10)9-18-6-2-3-7-18/h4-5,8,19H,2-3,6-7,9H2,1H3,(H,15,16). The van der Waals surface area contributed by atoms with Gasteiger partial charge < -0.3 is 10.1 Å². The van der Waals surface area contributed by atoms with Crippen LogP contribution in [0.3, 0.4) is 0 Å². The van der Waals surface area contributed by atoms with Gasteiger partial charge in [-0.05, 0) is 38.4 Å².